The monoisotopic (exact) mass is 274 g/mol. The SMILES string of the molecule is CN(C(=O)N1CCCCc2ccccc21)C1CCCO1. The first-order valence-electron chi connectivity index (χ1n) is 7.51. The number of nitrogens with zero attached hydrogens (tertiary/aromatic N) is 2. The minimum atomic E-state index is -0.0575. The molecule has 1 atom stereocenters. The molecule has 1 unspecified atom stereocenters. The van der Waals surface area contributed by atoms with Gasteiger partial charge >= 0.3 is 6.03 Å². The van der Waals surface area contributed by atoms with Crippen molar-refractivity contribution in [2.45, 2.75) is 38.3 Å². The molecule has 2 amide bonds. The fourth-order valence-corrected chi connectivity index (χ4v) is 3.07. The van der Waals surface area contributed by atoms with Gasteiger partial charge in [-0.15, -0.1) is 0 Å². The van der Waals surface area contributed by atoms with Crippen LogP contribution in [-0.2, 0) is 11.2 Å². The molecule has 0 saturated carbocycles. The van der Waals surface area contributed by atoms with E-state index in [-0.39, 0.29) is 12.3 Å². The highest BCUT2D eigenvalue weighted by Gasteiger charge is 2.29. The molecule has 2 heterocycles. The van der Waals surface area contributed by atoms with Gasteiger partial charge in [0.2, 0.25) is 0 Å². The van der Waals surface area contributed by atoms with Crippen LogP contribution in [0.3, 0.4) is 0 Å². The number of ether oxygens (including phenoxy) is 1. The van der Waals surface area contributed by atoms with Gasteiger partial charge in [0.1, 0.15) is 6.23 Å². The Hall–Kier alpha value is -1.55. The fraction of sp³-hybridized carbons (Fsp3) is 0.562. The van der Waals surface area contributed by atoms with E-state index >= 15 is 0 Å². The molecule has 0 N–H and O–H groups in total. The molecule has 1 aromatic carbocycles. The number of rotatable bonds is 1. The van der Waals surface area contributed by atoms with E-state index in [2.05, 4.69) is 18.2 Å². The topological polar surface area (TPSA) is 32.8 Å². The van der Waals surface area contributed by atoms with Crippen LogP contribution in [0.5, 0.6) is 0 Å². The summed E-state index contributed by atoms with van der Waals surface area (Å²) in [6.07, 6.45) is 5.18. The van der Waals surface area contributed by atoms with Crippen molar-refractivity contribution < 1.29 is 9.53 Å². The van der Waals surface area contributed by atoms with Gasteiger partial charge in [0.25, 0.3) is 0 Å². The van der Waals surface area contributed by atoms with Crippen molar-refractivity contribution in [3.63, 3.8) is 0 Å². The maximum absolute atomic E-state index is 12.8. The molecule has 20 heavy (non-hydrogen) atoms. The van der Waals surface area contributed by atoms with E-state index in [1.165, 1.54) is 5.56 Å². The zero-order valence-electron chi connectivity index (χ0n) is 12.0. The van der Waals surface area contributed by atoms with Gasteiger partial charge in [-0.25, -0.2) is 4.79 Å². The number of hydrogen-bond donors (Lipinski definition) is 0. The summed E-state index contributed by atoms with van der Waals surface area (Å²) in [5.41, 5.74) is 2.35. The minimum absolute atomic E-state index is 0.0575. The Bertz CT molecular complexity index is 483. The Labute approximate surface area is 120 Å². The average Bonchev–Trinajstić information content (AvgIpc) is 2.93. The van der Waals surface area contributed by atoms with Gasteiger partial charge in [-0.05, 0) is 43.7 Å². The highest BCUT2D eigenvalue weighted by Crippen LogP contribution is 2.28. The molecule has 4 heteroatoms. The Morgan fingerprint density at radius 1 is 1.30 bits per heavy atom. The van der Waals surface area contributed by atoms with Crippen LogP contribution in [0.15, 0.2) is 24.3 Å². The second-order valence-corrected chi connectivity index (χ2v) is 5.60. The van der Waals surface area contributed by atoms with Gasteiger partial charge < -0.3 is 9.64 Å². The van der Waals surface area contributed by atoms with Crippen molar-refractivity contribution in [2.24, 2.45) is 0 Å². The van der Waals surface area contributed by atoms with Crippen molar-refractivity contribution in [1.29, 1.82) is 0 Å². The molecule has 1 saturated heterocycles. The van der Waals surface area contributed by atoms with Gasteiger partial charge in [0, 0.05) is 25.9 Å². The van der Waals surface area contributed by atoms with E-state index in [0.717, 1.165) is 50.9 Å². The van der Waals surface area contributed by atoms with Gasteiger partial charge in [-0.1, -0.05) is 18.2 Å². The molecule has 2 aliphatic heterocycles. The highest BCUT2D eigenvalue weighted by atomic mass is 16.5. The first-order chi connectivity index (χ1) is 9.77. The molecular formula is C16H22N2O2. The Balaban J connectivity index is 1.83. The summed E-state index contributed by atoms with van der Waals surface area (Å²) in [7, 11) is 1.85. The number of carbonyl (C=O) groups excluding carboxylic acids is 1. The maximum atomic E-state index is 12.8. The summed E-state index contributed by atoms with van der Waals surface area (Å²) in [4.78, 5) is 16.5. The number of para-hydroxylation sites is 1. The minimum Gasteiger partial charge on any atom is -0.358 e. The first kappa shape index (κ1) is 13.4. The predicted molar refractivity (Wildman–Crippen MR) is 78.9 cm³/mol. The largest absolute Gasteiger partial charge is 0.358 e. The number of hydrogen-bond acceptors (Lipinski definition) is 2. The lowest BCUT2D eigenvalue weighted by Crippen LogP contribution is -2.46. The van der Waals surface area contributed by atoms with Crippen LogP contribution in [-0.4, -0.2) is 37.4 Å². The van der Waals surface area contributed by atoms with Crippen LogP contribution in [0.1, 0.15) is 31.2 Å². The van der Waals surface area contributed by atoms with Crippen molar-refractivity contribution in [2.75, 3.05) is 25.1 Å². The van der Waals surface area contributed by atoms with Crippen LogP contribution in [0, 0.1) is 0 Å². The van der Waals surface area contributed by atoms with Gasteiger partial charge in [0.15, 0.2) is 0 Å². The number of carbonyl (C=O) groups is 1. The maximum Gasteiger partial charge on any atom is 0.326 e. The molecule has 2 aliphatic rings. The molecule has 0 bridgehead atoms. The van der Waals surface area contributed by atoms with Crippen LogP contribution >= 0.6 is 0 Å². The van der Waals surface area contributed by atoms with Crippen molar-refractivity contribution in [3.8, 4) is 0 Å². The zero-order valence-corrected chi connectivity index (χ0v) is 12.0. The Morgan fingerprint density at radius 2 is 2.15 bits per heavy atom. The summed E-state index contributed by atoms with van der Waals surface area (Å²) < 4.78 is 5.62. The number of aryl methyl sites for hydroxylation is 1. The molecule has 0 aliphatic carbocycles. The summed E-state index contributed by atoms with van der Waals surface area (Å²) in [6.45, 7) is 1.56. The van der Waals surface area contributed by atoms with Crippen LogP contribution < -0.4 is 4.90 Å². The Morgan fingerprint density at radius 3 is 2.95 bits per heavy atom. The van der Waals surface area contributed by atoms with E-state index in [1.807, 2.05) is 18.0 Å². The normalized spacial score (nSPS) is 22.2. The van der Waals surface area contributed by atoms with Crippen molar-refractivity contribution in [3.05, 3.63) is 29.8 Å². The van der Waals surface area contributed by atoms with E-state index in [1.54, 1.807) is 4.90 Å². The number of urea groups is 1. The lowest BCUT2D eigenvalue weighted by molar-refractivity contribution is 0.0186. The number of anilines is 1. The fourth-order valence-electron chi connectivity index (χ4n) is 3.07. The zero-order chi connectivity index (χ0) is 13.9. The second kappa shape index (κ2) is 5.83. The number of benzene rings is 1. The molecule has 3 rings (SSSR count). The molecule has 108 valence electrons. The van der Waals surface area contributed by atoms with Gasteiger partial charge in [-0.2, -0.15) is 0 Å². The van der Waals surface area contributed by atoms with Crippen molar-refractivity contribution >= 4 is 11.7 Å². The summed E-state index contributed by atoms with van der Waals surface area (Å²) in [5.74, 6) is 0. The smallest absolute Gasteiger partial charge is 0.326 e. The molecular weight excluding hydrogens is 252 g/mol. The van der Waals surface area contributed by atoms with E-state index in [4.69, 9.17) is 4.74 Å². The summed E-state index contributed by atoms with van der Waals surface area (Å²) in [5, 5.41) is 0. The molecule has 0 radical (unpaired) electrons. The van der Waals surface area contributed by atoms with E-state index in [0.29, 0.717) is 0 Å². The molecule has 0 spiro atoms. The van der Waals surface area contributed by atoms with Crippen LogP contribution in [0.4, 0.5) is 10.5 Å². The third-order valence-corrected chi connectivity index (χ3v) is 4.23. The average molecular weight is 274 g/mol. The lowest BCUT2D eigenvalue weighted by Gasteiger charge is -2.31. The summed E-state index contributed by atoms with van der Waals surface area (Å²) in [6, 6.07) is 8.31. The standard InChI is InChI=1S/C16H22N2O2/c1-17(15-10-6-12-20-15)16(19)18-11-5-4-8-13-7-2-3-9-14(13)18/h2-3,7,9,15H,4-6,8,10-12H2,1H3. The summed E-state index contributed by atoms with van der Waals surface area (Å²) >= 11 is 0. The quantitative estimate of drug-likeness (QED) is 0.788. The van der Waals surface area contributed by atoms with Crippen LogP contribution in [0.2, 0.25) is 0 Å². The third-order valence-electron chi connectivity index (χ3n) is 4.23. The second-order valence-electron chi connectivity index (χ2n) is 5.60. The van der Waals surface area contributed by atoms with Gasteiger partial charge in [0.05, 0.1) is 0 Å². The Kier molecular flexibility index (Phi) is 3.92. The number of fused-ring (bicyclic) bond motifs is 1. The molecule has 1 aromatic rings. The molecule has 1 fully saturated rings. The highest BCUT2D eigenvalue weighted by molar-refractivity contribution is 5.93. The van der Waals surface area contributed by atoms with E-state index in [9.17, 15) is 4.79 Å². The molecule has 4 nitrogen and oxygen atoms in total. The van der Waals surface area contributed by atoms with Crippen molar-refractivity contribution in [1.82, 2.24) is 4.90 Å². The first-order valence-corrected chi connectivity index (χ1v) is 7.51. The number of amides is 2. The third kappa shape index (κ3) is 2.52. The lowest BCUT2D eigenvalue weighted by atomic mass is 10.1. The molecule has 0 aromatic heterocycles. The van der Waals surface area contributed by atoms with Crippen LogP contribution in [0.25, 0.3) is 0 Å². The van der Waals surface area contributed by atoms with Gasteiger partial charge in [-0.3, -0.25) is 4.90 Å². The van der Waals surface area contributed by atoms with E-state index < -0.39 is 0 Å². The predicted octanol–water partition coefficient (Wildman–Crippen LogP) is 3.02.